The number of likely N-dealkylation sites (N-methyl/N-ethyl adjacent to an activating group) is 1. The van der Waals surface area contributed by atoms with Crippen LogP contribution >= 0.6 is 11.8 Å². The number of hydrogen-bond acceptors (Lipinski definition) is 5. The predicted molar refractivity (Wildman–Crippen MR) is 129 cm³/mol. The molecule has 3 aromatic carbocycles. The molecule has 1 aliphatic rings. The Morgan fingerprint density at radius 2 is 1.78 bits per heavy atom. The first-order valence-corrected chi connectivity index (χ1v) is 10.9. The van der Waals surface area contributed by atoms with Gasteiger partial charge in [0.05, 0.1) is 22.2 Å². The van der Waals surface area contributed by atoms with E-state index in [1.165, 1.54) is 17.3 Å². The van der Waals surface area contributed by atoms with E-state index in [4.69, 9.17) is 4.74 Å². The van der Waals surface area contributed by atoms with Gasteiger partial charge >= 0.3 is 0 Å². The molecule has 0 aliphatic carbocycles. The predicted octanol–water partition coefficient (Wildman–Crippen LogP) is 5.68. The fourth-order valence-corrected chi connectivity index (χ4v) is 4.10. The van der Waals surface area contributed by atoms with Crippen LogP contribution in [0.3, 0.4) is 0 Å². The van der Waals surface area contributed by atoms with Crippen molar-refractivity contribution < 1.29 is 9.53 Å². The number of ether oxygens (including phenoxy) is 1. The van der Waals surface area contributed by atoms with Crippen LogP contribution < -0.4 is 4.74 Å². The molecule has 0 spiro atoms. The van der Waals surface area contributed by atoms with Crippen molar-refractivity contribution >= 4 is 34.6 Å². The van der Waals surface area contributed by atoms with Crippen LogP contribution in [0.5, 0.6) is 5.75 Å². The highest BCUT2D eigenvalue weighted by Crippen LogP contribution is 2.33. The maximum atomic E-state index is 12.7. The van der Waals surface area contributed by atoms with Gasteiger partial charge in [0.25, 0.3) is 5.91 Å². The number of amides is 1. The third-order valence-electron chi connectivity index (χ3n) is 4.97. The molecule has 0 N–H and O–H groups in total. The summed E-state index contributed by atoms with van der Waals surface area (Å²) in [6.45, 7) is 2.35. The topological polar surface area (TPSA) is 65.7 Å². The van der Waals surface area contributed by atoms with Gasteiger partial charge in [-0.1, -0.05) is 48.0 Å². The van der Waals surface area contributed by atoms with E-state index in [-0.39, 0.29) is 5.91 Å². The summed E-state index contributed by atoms with van der Waals surface area (Å²) < 4.78 is 5.82. The fraction of sp³-hybridized carbons (Fsp3) is 0.115. The molecule has 0 saturated carbocycles. The van der Waals surface area contributed by atoms with Gasteiger partial charge in [0, 0.05) is 12.6 Å². The van der Waals surface area contributed by atoms with Gasteiger partial charge in [-0.2, -0.15) is 5.26 Å². The number of thioether (sulfide) groups is 1. The van der Waals surface area contributed by atoms with Crippen LogP contribution in [0.1, 0.15) is 22.3 Å². The Hall–Kier alpha value is -3.82. The molecule has 4 rings (SSSR count). The van der Waals surface area contributed by atoms with Crippen LogP contribution in [0.4, 0.5) is 5.69 Å². The first-order chi connectivity index (χ1) is 15.5. The first kappa shape index (κ1) is 21.4. The van der Waals surface area contributed by atoms with E-state index in [0.717, 1.165) is 16.8 Å². The summed E-state index contributed by atoms with van der Waals surface area (Å²) in [4.78, 5) is 19.5. The minimum absolute atomic E-state index is 0.0747. The number of carbonyl (C=O) groups excluding carboxylic acids is 1. The van der Waals surface area contributed by atoms with E-state index in [1.807, 2.05) is 79.7 Å². The minimum Gasteiger partial charge on any atom is -0.489 e. The highest BCUT2D eigenvalue weighted by molar-refractivity contribution is 8.18. The van der Waals surface area contributed by atoms with Gasteiger partial charge in [-0.3, -0.25) is 9.69 Å². The zero-order valence-corrected chi connectivity index (χ0v) is 18.6. The van der Waals surface area contributed by atoms with Gasteiger partial charge in [0.15, 0.2) is 5.17 Å². The third kappa shape index (κ3) is 4.90. The Bertz CT molecular complexity index is 1240. The van der Waals surface area contributed by atoms with Gasteiger partial charge in [0.1, 0.15) is 12.4 Å². The van der Waals surface area contributed by atoms with Crippen molar-refractivity contribution in [3.63, 3.8) is 0 Å². The van der Waals surface area contributed by atoms with E-state index in [9.17, 15) is 10.1 Å². The molecule has 1 aliphatic heterocycles. The number of hydrogen-bond donors (Lipinski definition) is 0. The van der Waals surface area contributed by atoms with E-state index < -0.39 is 0 Å². The molecule has 3 aromatic rings. The van der Waals surface area contributed by atoms with Gasteiger partial charge in [-0.05, 0) is 60.7 Å². The summed E-state index contributed by atoms with van der Waals surface area (Å²) in [7, 11) is 1.74. The molecule has 1 heterocycles. The summed E-state index contributed by atoms with van der Waals surface area (Å²) in [6, 6.07) is 25.0. The minimum atomic E-state index is -0.0747. The van der Waals surface area contributed by atoms with Crippen LogP contribution in [-0.2, 0) is 11.4 Å². The lowest BCUT2D eigenvalue weighted by Gasteiger charge is -2.08. The molecular weight excluding hydrogens is 418 g/mol. The van der Waals surface area contributed by atoms with Crippen LogP contribution in [0, 0.1) is 18.3 Å². The molecule has 0 unspecified atom stereocenters. The fourth-order valence-electron chi connectivity index (χ4n) is 3.11. The molecule has 1 amide bonds. The number of aryl methyl sites for hydroxylation is 1. The number of nitrogens with zero attached hydrogens (tertiary/aromatic N) is 3. The second-order valence-electron chi connectivity index (χ2n) is 7.33. The Morgan fingerprint density at radius 3 is 2.50 bits per heavy atom. The van der Waals surface area contributed by atoms with E-state index in [2.05, 4.69) is 11.1 Å². The van der Waals surface area contributed by atoms with Crippen molar-refractivity contribution in [3.8, 4) is 11.8 Å². The first-order valence-electron chi connectivity index (χ1n) is 10.1. The van der Waals surface area contributed by atoms with E-state index >= 15 is 0 Å². The number of benzene rings is 3. The monoisotopic (exact) mass is 439 g/mol. The average Bonchev–Trinajstić information content (AvgIpc) is 3.08. The van der Waals surface area contributed by atoms with Crippen molar-refractivity contribution in [1.29, 1.82) is 5.26 Å². The van der Waals surface area contributed by atoms with Crippen molar-refractivity contribution in [1.82, 2.24) is 4.90 Å². The lowest BCUT2D eigenvalue weighted by atomic mass is 10.1. The Kier molecular flexibility index (Phi) is 6.39. The molecular formula is C26H21N3O2S. The highest BCUT2D eigenvalue weighted by atomic mass is 32.2. The summed E-state index contributed by atoms with van der Waals surface area (Å²) in [5, 5.41) is 9.84. The molecule has 0 bridgehead atoms. The summed E-state index contributed by atoms with van der Waals surface area (Å²) >= 11 is 1.36. The Morgan fingerprint density at radius 1 is 1.06 bits per heavy atom. The van der Waals surface area contributed by atoms with Gasteiger partial charge in [-0.15, -0.1) is 0 Å². The molecule has 0 radical (unpaired) electrons. The Labute approximate surface area is 191 Å². The molecule has 6 heteroatoms. The Balaban J connectivity index is 1.45. The van der Waals surface area contributed by atoms with Gasteiger partial charge < -0.3 is 4.74 Å². The number of nitriles is 1. The summed E-state index contributed by atoms with van der Waals surface area (Å²) in [6.07, 6.45) is 1.86. The normalized spacial score (nSPS) is 15.9. The zero-order chi connectivity index (χ0) is 22.5. The largest absolute Gasteiger partial charge is 0.489 e. The quantitative estimate of drug-likeness (QED) is 0.480. The average molecular weight is 440 g/mol. The smallest absolute Gasteiger partial charge is 0.266 e. The summed E-state index contributed by atoms with van der Waals surface area (Å²) in [5.41, 5.74) is 4.34. The molecule has 32 heavy (non-hydrogen) atoms. The molecule has 1 saturated heterocycles. The van der Waals surface area contributed by atoms with Gasteiger partial charge in [0.2, 0.25) is 0 Å². The third-order valence-corrected chi connectivity index (χ3v) is 6.03. The molecule has 5 nitrogen and oxygen atoms in total. The second kappa shape index (κ2) is 9.54. The molecule has 1 fully saturated rings. The van der Waals surface area contributed by atoms with Crippen LogP contribution in [0.2, 0.25) is 0 Å². The van der Waals surface area contributed by atoms with Crippen molar-refractivity contribution in [2.75, 3.05) is 7.05 Å². The lowest BCUT2D eigenvalue weighted by Crippen LogP contribution is -2.23. The van der Waals surface area contributed by atoms with Crippen LogP contribution in [-0.4, -0.2) is 23.0 Å². The van der Waals surface area contributed by atoms with Crippen molar-refractivity contribution in [2.24, 2.45) is 4.99 Å². The second-order valence-corrected chi connectivity index (χ2v) is 8.34. The van der Waals surface area contributed by atoms with Crippen molar-refractivity contribution in [3.05, 3.63) is 100.0 Å². The van der Waals surface area contributed by atoms with Gasteiger partial charge in [-0.25, -0.2) is 4.99 Å². The maximum absolute atomic E-state index is 12.7. The van der Waals surface area contributed by atoms with Crippen LogP contribution in [0.25, 0.3) is 6.08 Å². The number of amidine groups is 1. The molecule has 0 aromatic heterocycles. The van der Waals surface area contributed by atoms with E-state index in [1.54, 1.807) is 18.0 Å². The van der Waals surface area contributed by atoms with Crippen LogP contribution in [0.15, 0.2) is 82.7 Å². The standard InChI is InChI=1S/C26H21N3O2S/c1-18-7-11-22(12-8-18)28-26-29(2)25(30)24(32-26)15-19-9-13-23(14-10-19)31-17-21-6-4-3-5-20(21)16-27/h3-15H,17H2,1-2H3/b24-15+,28-26?. The summed E-state index contributed by atoms with van der Waals surface area (Å²) in [5.74, 6) is 0.623. The lowest BCUT2D eigenvalue weighted by molar-refractivity contribution is -0.121. The number of aliphatic imine (C=N–C) groups is 1. The van der Waals surface area contributed by atoms with E-state index in [0.29, 0.717) is 28.0 Å². The maximum Gasteiger partial charge on any atom is 0.266 e. The van der Waals surface area contributed by atoms with Crippen molar-refractivity contribution in [2.45, 2.75) is 13.5 Å². The number of carbonyl (C=O) groups is 1. The SMILES string of the molecule is Cc1ccc(N=C2S/C(=C/c3ccc(OCc4ccccc4C#N)cc3)C(=O)N2C)cc1. The highest BCUT2D eigenvalue weighted by Gasteiger charge is 2.30. The number of rotatable bonds is 5. The molecule has 0 atom stereocenters. The molecule has 158 valence electrons. The zero-order valence-electron chi connectivity index (χ0n) is 17.8.